The molecule has 8 aromatic rings. The SMILES string of the molecule is CC(C)c1cc(N(c2ccc(C#N)cc2)c2cccc([Si](C)(C)C)c2)c2ccc3c(C(C)C)cc(N(c4ccc(C#N)cc4)c4cccc([Si](C)(C)C)c4)c4ccc1c2c34. The minimum atomic E-state index is -1.66. The third-order valence-electron chi connectivity index (χ3n) is 12.1. The Hall–Kier alpha value is -6.19. The van der Waals surface area contributed by atoms with Gasteiger partial charge in [0.05, 0.1) is 50.8 Å². The predicted octanol–water partition coefficient (Wildman–Crippen LogP) is 14.6. The highest BCUT2D eigenvalue weighted by atomic mass is 28.3. The monoisotopic (exact) mass is 814 g/mol. The highest BCUT2D eigenvalue weighted by Crippen LogP contribution is 2.51. The molecule has 0 heterocycles. The van der Waals surface area contributed by atoms with Crippen LogP contribution in [0, 0.1) is 22.7 Å². The first-order valence-corrected chi connectivity index (χ1v) is 28.2. The molecule has 0 atom stereocenters. The molecule has 0 aliphatic rings. The second kappa shape index (κ2) is 15.4. The summed E-state index contributed by atoms with van der Waals surface area (Å²) in [5.74, 6) is 0.515. The van der Waals surface area contributed by atoms with E-state index in [0.29, 0.717) is 11.1 Å². The van der Waals surface area contributed by atoms with E-state index in [-0.39, 0.29) is 11.8 Å². The maximum Gasteiger partial charge on any atom is 0.0991 e. The normalized spacial score (nSPS) is 12.1. The Morgan fingerprint density at radius 3 is 1.08 bits per heavy atom. The van der Waals surface area contributed by atoms with E-state index in [2.05, 4.69) is 198 Å². The number of anilines is 6. The molecule has 0 aliphatic carbocycles. The molecule has 6 heteroatoms. The minimum Gasteiger partial charge on any atom is -0.310 e. The standard InChI is InChI=1S/C54H54N4Si2/c1-35(2)49-31-51(57(39-21-17-37(33-55)18-22-39)41-13-11-15-43(29-41)59(5,6)7)47-28-26-46-50(36(3)4)32-52(48-27-25-45(49)53(47)54(46)48)58(40-23-19-38(34-56)20-24-40)42-14-12-16-44(30-42)60(8,9)10/h11-32,35-36H,1-10H3. The van der Waals surface area contributed by atoms with Crippen molar-refractivity contribution in [3.05, 3.63) is 156 Å². The van der Waals surface area contributed by atoms with Crippen LogP contribution in [0.2, 0.25) is 39.3 Å². The molecule has 60 heavy (non-hydrogen) atoms. The van der Waals surface area contributed by atoms with Crippen molar-refractivity contribution in [1.29, 1.82) is 10.5 Å². The van der Waals surface area contributed by atoms with Crippen molar-refractivity contribution in [2.45, 2.75) is 78.8 Å². The van der Waals surface area contributed by atoms with Crippen LogP contribution >= 0.6 is 0 Å². The molecular weight excluding hydrogens is 761 g/mol. The fourth-order valence-corrected chi connectivity index (χ4v) is 11.1. The van der Waals surface area contributed by atoms with Gasteiger partial charge in [0, 0.05) is 33.5 Å². The van der Waals surface area contributed by atoms with Crippen molar-refractivity contribution in [2.75, 3.05) is 9.80 Å². The van der Waals surface area contributed by atoms with Crippen molar-refractivity contribution in [3.63, 3.8) is 0 Å². The van der Waals surface area contributed by atoms with E-state index in [4.69, 9.17) is 0 Å². The Bertz CT molecular complexity index is 2770. The molecule has 0 bridgehead atoms. The third kappa shape index (κ3) is 7.25. The Kier molecular flexibility index (Phi) is 10.4. The second-order valence-electron chi connectivity index (χ2n) is 18.9. The molecule has 0 fully saturated rings. The van der Waals surface area contributed by atoms with Crippen molar-refractivity contribution < 1.29 is 0 Å². The summed E-state index contributed by atoms with van der Waals surface area (Å²) < 4.78 is 0. The lowest BCUT2D eigenvalue weighted by Crippen LogP contribution is -2.37. The first kappa shape index (κ1) is 40.6. The molecule has 8 rings (SSSR count). The van der Waals surface area contributed by atoms with Crippen LogP contribution in [0.25, 0.3) is 32.3 Å². The van der Waals surface area contributed by atoms with Crippen molar-refractivity contribution in [2.24, 2.45) is 0 Å². The van der Waals surface area contributed by atoms with Gasteiger partial charge >= 0.3 is 0 Å². The van der Waals surface area contributed by atoms with Crippen LogP contribution in [-0.2, 0) is 0 Å². The van der Waals surface area contributed by atoms with E-state index in [0.717, 1.165) is 34.1 Å². The number of rotatable bonds is 10. The molecule has 4 nitrogen and oxygen atoms in total. The predicted molar refractivity (Wildman–Crippen MR) is 263 cm³/mol. The molecule has 0 saturated carbocycles. The van der Waals surface area contributed by atoms with Gasteiger partial charge in [-0.3, -0.25) is 0 Å². The van der Waals surface area contributed by atoms with E-state index in [9.17, 15) is 10.5 Å². The summed E-state index contributed by atoms with van der Waals surface area (Å²) in [7, 11) is -3.32. The quantitative estimate of drug-likeness (QED) is 0.102. The highest BCUT2D eigenvalue weighted by Gasteiger charge is 2.27. The number of nitriles is 2. The fraction of sp³-hybridized carbons (Fsp3) is 0.222. The van der Waals surface area contributed by atoms with E-state index in [1.807, 2.05) is 24.3 Å². The van der Waals surface area contributed by atoms with Crippen molar-refractivity contribution >= 4 is 93.0 Å². The molecule has 0 aromatic heterocycles. The largest absolute Gasteiger partial charge is 0.310 e. The topological polar surface area (TPSA) is 54.1 Å². The average molecular weight is 815 g/mol. The summed E-state index contributed by atoms with van der Waals surface area (Å²) >= 11 is 0. The van der Waals surface area contributed by atoms with Crippen LogP contribution in [0.4, 0.5) is 34.1 Å². The molecule has 8 aromatic carbocycles. The van der Waals surface area contributed by atoms with Gasteiger partial charge in [0.2, 0.25) is 0 Å². The lowest BCUT2D eigenvalue weighted by molar-refractivity contribution is 0.875. The van der Waals surface area contributed by atoms with Gasteiger partial charge in [0.1, 0.15) is 0 Å². The molecule has 0 amide bonds. The van der Waals surface area contributed by atoms with Gasteiger partial charge in [-0.1, -0.05) is 126 Å². The summed E-state index contributed by atoms with van der Waals surface area (Å²) in [6.07, 6.45) is 0. The van der Waals surface area contributed by atoms with Crippen LogP contribution in [0.3, 0.4) is 0 Å². The van der Waals surface area contributed by atoms with Crippen molar-refractivity contribution in [3.8, 4) is 12.1 Å². The zero-order chi connectivity index (χ0) is 42.7. The van der Waals surface area contributed by atoms with Gasteiger partial charge in [-0.25, -0.2) is 0 Å². The van der Waals surface area contributed by atoms with E-state index in [1.54, 1.807) is 0 Å². The summed E-state index contributed by atoms with van der Waals surface area (Å²) in [5, 5.41) is 29.8. The van der Waals surface area contributed by atoms with Gasteiger partial charge in [-0.05, 0) is 129 Å². The maximum atomic E-state index is 9.79. The molecule has 0 saturated heterocycles. The van der Waals surface area contributed by atoms with E-state index >= 15 is 0 Å². The van der Waals surface area contributed by atoms with Gasteiger partial charge in [-0.2, -0.15) is 10.5 Å². The summed E-state index contributed by atoms with van der Waals surface area (Å²) in [4.78, 5) is 4.83. The Balaban J connectivity index is 1.51. The second-order valence-corrected chi connectivity index (χ2v) is 29.1. The van der Waals surface area contributed by atoms with Gasteiger partial charge in [-0.15, -0.1) is 0 Å². The fourth-order valence-electron chi connectivity index (χ4n) is 8.78. The summed E-state index contributed by atoms with van der Waals surface area (Å²) in [6, 6.07) is 53.2. The van der Waals surface area contributed by atoms with Gasteiger partial charge < -0.3 is 9.80 Å². The highest BCUT2D eigenvalue weighted by molar-refractivity contribution is 6.89. The Labute approximate surface area is 358 Å². The summed E-state index contributed by atoms with van der Waals surface area (Å²) in [5.41, 5.74) is 10.4. The molecular formula is C54H54N4Si2. The van der Waals surface area contributed by atoms with Gasteiger partial charge in [0.15, 0.2) is 0 Å². The number of nitrogens with zero attached hydrogens (tertiary/aromatic N) is 4. The van der Waals surface area contributed by atoms with E-state index in [1.165, 1.54) is 53.8 Å². The maximum absolute atomic E-state index is 9.79. The Morgan fingerprint density at radius 2 is 0.767 bits per heavy atom. The molecule has 0 radical (unpaired) electrons. The smallest absolute Gasteiger partial charge is 0.0991 e. The van der Waals surface area contributed by atoms with Crippen molar-refractivity contribution in [1.82, 2.24) is 0 Å². The lowest BCUT2D eigenvalue weighted by atomic mass is 9.84. The van der Waals surface area contributed by atoms with Crippen LogP contribution in [0.5, 0.6) is 0 Å². The number of hydrogen-bond acceptors (Lipinski definition) is 4. The molecule has 0 unspecified atom stereocenters. The van der Waals surface area contributed by atoms with Gasteiger partial charge in [0.25, 0.3) is 0 Å². The van der Waals surface area contributed by atoms with E-state index < -0.39 is 16.1 Å². The minimum absolute atomic E-state index is 0.257. The number of benzene rings is 8. The van der Waals surface area contributed by atoms with Crippen LogP contribution in [-0.4, -0.2) is 16.1 Å². The van der Waals surface area contributed by atoms with Crippen LogP contribution in [0.15, 0.2) is 133 Å². The summed E-state index contributed by atoms with van der Waals surface area (Å²) in [6.45, 7) is 23.6. The average Bonchev–Trinajstić information content (AvgIpc) is 3.23. The lowest BCUT2D eigenvalue weighted by Gasteiger charge is -2.32. The molecule has 0 N–H and O–H groups in total. The van der Waals surface area contributed by atoms with Crippen LogP contribution in [0.1, 0.15) is 61.8 Å². The molecule has 0 spiro atoms. The van der Waals surface area contributed by atoms with Crippen LogP contribution < -0.4 is 20.2 Å². The number of hydrogen-bond donors (Lipinski definition) is 0. The zero-order valence-corrected chi connectivity index (χ0v) is 38.6. The first-order valence-electron chi connectivity index (χ1n) is 21.2. The first-order chi connectivity index (χ1) is 28.6. The molecule has 298 valence electrons. The zero-order valence-electron chi connectivity index (χ0n) is 36.6. The molecule has 0 aliphatic heterocycles. The third-order valence-corrected chi connectivity index (χ3v) is 16.2. The Morgan fingerprint density at radius 1 is 0.417 bits per heavy atom.